The van der Waals surface area contributed by atoms with Crippen molar-refractivity contribution in [3.8, 4) is 6.07 Å². The van der Waals surface area contributed by atoms with Crippen molar-refractivity contribution in [2.45, 2.75) is 27.7 Å². The first-order valence-corrected chi connectivity index (χ1v) is 7.23. The summed E-state index contributed by atoms with van der Waals surface area (Å²) in [6.07, 6.45) is 1.51. The summed E-state index contributed by atoms with van der Waals surface area (Å²) in [6, 6.07) is 1.95. The lowest BCUT2D eigenvalue weighted by atomic mass is 9.96. The Kier molecular flexibility index (Phi) is 2.70. The molecule has 0 atom stereocenters. The van der Waals surface area contributed by atoms with Crippen LogP contribution in [0.3, 0.4) is 0 Å². The number of nitriles is 1. The van der Waals surface area contributed by atoms with E-state index in [1.165, 1.54) is 39.8 Å². The molecule has 0 aliphatic carbocycles. The maximum Gasteiger partial charge on any atom is 0.217 e. The zero-order valence-corrected chi connectivity index (χ0v) is 12.7. The second-order valence-electron chi connectivity index (χ2n) is 5.15. The third-order valence-corrected chi connectivity index (χ3v) is 5.55. The Bertz CT molecular complexity index is 970. The number of rotatable bonds is 0. The van der Waals surface area contributed by atoms with Gasteiger partial charge in [0.05, 0.1) is 5.52 Å². The molecule has 4 heteroatoms. The van der Waals surface area contributed by atoms with Crippen molar-refractivity contribution in [2.24, 2.45) is 0 Å². The van der Waals surface area contributed by atoms with E-state index in [0.717, 1.165) is 15.6 Å². The monoisotopic (exact) mass is 282 g/mol. The number of fused-ring (bicyclic) bond motifs is 3. The summed E-state index contributed by atoms with van der Waals surface area (Å²) in [6.45, 7) is 8.41. The molecule has 20 heavy (non-hydrogen) atoms. The maximum absolute atomic E-state index is 12.3. The van der Waals surface area contributed by atoms with Crippen molar-refractivity contribution in [1.29, 1.82) is 5.26 Å². The van der Waals surface area contributed by atoms with Crippen molar-refractivity contribution in [1.82, 2.24) is 4.98 Å². The molecule has 3 rings (SSSR count). The highest BCUT2D eigenvalue weighted by molar-refractivity contribution is 7.26. The molecule has 2 aromatic heterocycles. The minimum Gasteiger partial charge on any atom is -0.358 e. The Morgan fingerprint density at radius 3 is 2.35 bits per heavy atom. The van der Waals surface area contributed by atoms with Gasteiger partial charge in [-0.05, 0) is 49.9 Å². The van der Waals surface area contributed by atoms with Crippen LogP contribution in [0.4, 0.5) is 0 Å². The molecule has 0 bridgehead atoms. The Morgan fingerprint density at radius 2 is 1.70 bits per heavy atom. The van der Waals surface area contributed by atoms with Gasteiger partial charge in [0, 0.05) is 16.3 Å². The van der Waals surface area contributed by atoms with Crippen LogP contribution < -0.4 is 5.43 Å². The standard InChI is InChI=1S/C16H14N2OS/c1-7-8(2)10(4)15-12(9(7)3)13-16(20-15)14(19)11(5-17)6-18-13/h6H,1-4H3,(H,18,19). The number of hydrogen-bond donors (Lipinski definition) is 1. The van der Waals surface area contributed by atoms with Gasteiger partial charge in [0.25, 0.3) is 0 Å². The lowest BCUT2D eigenvalue weighted by Crippen LogP contribution is -2.04. The lowest BCUT2D eigenvalue weighted by Gasteiger charge is -2.10. The van der Waals surface area contributed by atoms with Crippen LogP contribution in [0.1, 0.15) is 27.8 Å². The van der Waals surface area contributed by atoms with Crippen LogP contribution in [-0.4, -0.2) is 4.98 Å². The van der Waals surface area contributed by atoms with Crippen LogP contribution in [0.15, 0.2) is 11.0 Å². The second kappa shape index (κ2) is 4.19. The van der Waals surface area contributed by atoms with E-state index in [4.69, 9.17) is 5.26 Å². The quantitative estimate of drug-likeness (QED) is 0.681. The Hall–Kier alpha value is -2.12. The molecule has 0 saturated heterocycles. The third kappa shape index (κ3) is 1.47. The molecule has 0 amide bonds. The summed E-state index contributed by atoms with van der Waals surface area (Å²) in [7, 11) is 0. The minimum absolute atomic E-state index is 0.170. The van der Waals surface area contributed by atoms with E-state index in [2.05, 4.69) is 32.7 Å². The van der Waals surface area contributed by atoms with E-state index in [9.17, 15) is 4.79 Å². The summed E-state index contributed by atoms with van der Waals surface area (Å²) in [5.41, 5.74) is 5.82. The summed E-state index contributed by atoms with van der Waals surface area (Å²) in [5.74, 6) is 0. The smallest absolute Gasteiger partial charge is 0.217 e. The minimum atomic E-state index is -0.170. The molecule has 0 unspecified atom stereocenters. The number of aromatic nitrogens is 1. The molecular formula is C16H14N2OS. The lowest BCUT2D eigenvalue weighted by molar-refractivity contribution is 1.26. The van der Waals surface area contributed by atoms with Gasteiger partial charge in [-0.25, -0.2) is 0 Å². The van der Waals surface area contributed by atoms with Gasteiger partial charge in [-0.1, -0.05) is 0 Å². The van der Waals surface area contributed by atoms with Gasteiger partial charge in [0.15, 0.2) is 0 Å². The maximum atomic E-state index is 12.3. The van der Waals surface area contributed by atoms with E-state index in [1.54, 1.807) is 0 Å². The summed E-state index contributed by atoms with van der Waals surface area (Å²) >= 11 is 1.49. The first-order valence-electron chi connectivity index (χ1n) is 6.41. The van der Waals surface area contributed by atoms with Gasteiger partial charge in [0.1, 0.15) is 16.3 Å². The molecule has 0 spiro atoms. The van der Waals surface area contributed by atoms with E-state index in [1.807, 2.05) is 6.07 Å². The predicted molar refractivity (Wildman–Crippen MR) is 83.6 cm³/mol. The molecule has 2 heterocycles. The van der Waals surface area contributed by atoms with Crippen molar-refractivity contribution in [3.63, 3.8) is 0 Å². The average molecular weight is 282 g/mol. The molecule has 3 aromatic rings. The number of nitrogens with zero attached hydrogens (tertiary/aromatic N) is 1. The fraction of sp³-hybridized carbons (Fsp3) is 0.250. The van der Waals surface area contributed by atoms with Crippen LogP contribution in [0, 0.1) is 39.0 Å². The Balaban J connectivity index is 2.67. The van der Waals surface area contributed by atoms with Gasteiger partial charge in [-0.3, -0.25) is 4.79 Å². The van der Waals surface area contributed by atoms with Crippen molar-refractivity contribution in [2.75, 3.05) is 0 Å². The topological polar surface area (TPSA) is 56.6 Å². The summed E-state index contributed by atoms with van der Waals surface area (Å²) in [5, 5.41) is 10.1. The Morgan fingerprint density at radius 1 is 1.05 bits per heavy atom. The second-order valence-corrected chi connectivity index (χ2v) is 6.17. The van der Waals surface area contributed by atoms with Crippen molar-refractivity contribution in [3.05, 3.63) is 44.2 Å². The van der Waals surface area contributed by atoms with E-state index in [-0.39, 0.29) is 11.0 Å². The Labute approximate surface area is 120 Å². The van der Waals surface area contributed by atoms with E-state index >= 15 is 0 Å². The SMILES string of the molecule is Cc1c(C)c(C)c2c(sc3c(=O)c(C#N)c[nH]c32)c1C. The predicted octanol–water partition coefficient (Wildman–Crippen LogP) is 3.85. The highest BCUT2D eigenvalue weighted by Gasteiger charge is 2.17. The number of aryl methyl sites for hydroxylation is 2. The van der Waals surface area contributed by atoms with Gasteiger partial charge >= 0.3 is 0 Å². The number of thiophene rings is 1. The van der Waals surface area contributed by atoms with Crippen LogP contribution in [-0.2, 0) is 0 Å². The van der Waals surface area contributed by atoms with Crippen LogP contribution in [0.5, 0.6) is 0 Å². The normalized spacial score (nSPS) is 11.2. The van der Waals surface area contributed by atoms with Gasteiger partial charge < -0.3 is 4.98 Å². The molecule has 3 nitrogen and oxygen atoms in total. The number of hydrogen-bond acceptors (Lipinski definition) is 3. The molecule has 1 N–H and O–H groups in total. The number of benzene rings is 1. The zero-order valence-electron chi connectivity index (χ0n) is 11.8. The van der Waals surface area contributed by atoms with Gasteiger partial charge in [-0.15, -0.1) is 11.3 Å². The fourth-order valence-electron chi connectivity index (χ4n) is 2.69. The zero-order chi connectivity index (χ0) is 14.6. The molecule has 0 saturated carbocycles. The van der Waals surface area contributed by atoms with Crippen molar-refractivity contribution < 1.29 is 0 Å². The van der Waals surface area contributed by atoms with Gasteiger partial charge in [0.2, 0.25) is 5.43 Å². The van der Waals surface area contributed by atoms with Crippen LogP contribution in [0.25, 0.3) is 20.3 Å². The molecule has 0 aliphatic heterocycles. The highest BCUT2D eigenvalue weighted by Crippen LogP contribution is 2.38. The number of aromatic amines is 1. The summed E-state index contributed by atoms with van der Waals surface area (Å²) < 4.78 is 1.79. The van der Waals surface area contributed by atoms with Crippen LogP contribution >= 0.6 is 11.3 Å². The molecule has 0 fully saturated rings. The largest absolute Gasteiger partial charge is 0.358 e. The van der Waals surface area contributed by atoms with E-state index in [0.29, 0.717) is 4.70 Å². The van der Waals surface area contributed by atoms with Crippen molar-refractivity contribution >= 4 is 31.6 Å². The molecule has 100 valence electrons. The highest BCUT2D eigenvalue weighted by atomic mass is 32.1. The first kappa shape index (κ1) is 12.9. The molecule has 1 aromatic carbocycles. The third-order valence-electron chi connectivity index (χ3n) is 4.24. The van der Waals surface area contributed by atoms with Gasteiger partial charge in [-0.2, -0.15) is 5.26 Å². The molecular weight excluding hydrogens is 268 g/mol. The summed E-state index contributed by atoms with van der Waals surface area (Å²) in [4.78, 5) is 15.4. The van der Waals surface area contributed by atoms with E-state index < -0.39 is 0 Å². The number of nitrogens with one attached hydrogen (secondary N) is 1. The molecule has 0 radical (unpaired) electrons. The van der Waals surface area contributed by atoms with Crippen LogP contribution in [0.2, 0.25) is 0 Å². The average Bonchev–Trinajstić information content (AvgIpc) is 2.84. The number of pyridine rings is 1. The molecule has 0 aliphatic rings. The fourth-order valence-corrected chi connectivity index (χ4v) is 4.02. The number of H-pyrrole nitrogens is 1. The first-order chi connectivity index (χ1) is 9.47.